The largest absolute Gasteiger partial charge is 0.416 e. The minimum absolute atomic E-state index is 0.175. The van der Waals surface area contributed by atoms with Gasteiger partial charge in [-0.25, -0.2) is 4.79 Å². The van der Waals surface area contributed by atoms with E-state index in [1.807, 2.05) is 24.3 Å². The first-order chi connectivity index (χ1) is 22.0. The number of aromatic nitrogens is 3. The van der Waals surface area contributed by atoms with Crippen LogP contribution in [-0.2, 0) is 17.3 Å². The number of hydrogen-bond acceptors (Lipinski definition) is 6. The lowest BCUT2D eigenvalue weighted by Gasteiger charge is -2.31. The first-order valence-electron chi connectivity index (χ1n) is 15.7. The van der Waals surface area contributed by atoms with Gasteiger partial charge in [0.25, 0.3) is 0 Å². The summed E-state index contributed by atoms with van der Waals surface area (Å²) in [7, 11) is 1.56. The number of nitrogens with zero attached hydrogens (tertiary/aromatic N) is 2. The summed E-state index contributed by atoms with van der Waals surface area (Å²) in [6.45, 7) is 2.89. The Morgan fingerprint density at radius 3 is 2.70 bits per heavy atom. The summed E-state index contributed by atoms with van der Waals surface area (Å²) in [6.07, 6.45) is 3.01. The summed E-state index contributed by atoms with van der Waals surface area (Å²) in [6, 6.07) is 14.0. The Hall–Kier alpha value is -4.00. The predicted molar refractivity (Wildman–Crippen MR) is 174 cm³/mol. The molecule has 46 heavy (non-hydrogen) atoms. The standard InChI is InChI=1S/C34H42F3N7O2/c1-21(38)40-14-13-28-7-4-8-30(41-28)23-9-11-29(12-10-23)44-19-25-18-31(42-32(25)43-33(44)45)24-15-22(5-3-6-27(39)20-46-2)16-26(17-24)34(35,36)37/h9-12,15-19,27-28,30,41H,3-8,13-14,20,39H2,1-2H3,(H2,38,40)(H,42,43,45)/t27-,28+,30+/m1/s1. The van der Waals surface area contributed by atoms with Crippen molar-refractivity contribution in [3.8, 4) is 16.9 Å². The van der Waals surface area contributed by atoms with Crippen LogP contribution in [0.1, 0.15) is 68.2 Å². The highest BCUT2D eigenvalue weighted by atomic mass is 19.4. The fourth-order valence-corrected chi connectivity index (χ4v) is 6.17. The van der Waals surface area contributed by atoms with Crippen molar-refractivity contribution in [3.05, 3.63) is 81.9 Å². The summed E-state index contributed by atoms with van der Waals surface area (Å²) >= 11 is 0. The molecule has 0 bridgehead atoms. The molecule has 1 aliphatic heterocycles. The van der Waals surface area contributed by atoms with Crippen molar-refractivity contribution < 1.29 is 17.9 Å². The first kappa shape index (κ1) is 33.4. The number of fused-ring (bicyclic) bond motifs is 1. The van der Waals surface area contributed by atoms with Gasteiger partial charge in [-0.15, -0.1) is 0 Å². The van der Waals surface area contributed by atoms with Crippen molar-refractivity contribution >= 4 is 16.9 Å². The maximum atomic E-state index is 13.8. The second kappa shape index (κ2) is 14.6. The Bertz CT molecular complexity index is 1700. The highest BCUT2D eigenvalue weighted by Crippen LogP contribution is 2.34. The van der Waals surface area contributed by atoms with E-state index in [-0.39, 0.29) is 12.1 Å². The maximum absolute atomic E-state index is 13.8. The molecule has 6 N–H and O–H groups in total. The van der Waals surface area contributed by atoms with Crippen LogP contribution in [0.25, 0.3) is 28.0 Å². The van der Waals surface area contributed by atoms with Gasteiger partial charge in [-0.05, 0) is 98.5 Å². The van der Waals surface area contributed by atoms with Crippen molar-refractivity contribution in [2.75, 3.05) is 20.3 Å². The van der Waals surface area contributed by atoms with Gasteiger partial charge in [0.05, 0.1) is 23.7 Å². The van der Waals surface area contributed by atoms with Crippen LogP contribution < -0.4 is 22.1 Å². The monoisotopic (exact) mass is 637 g/mol. The number of alkyl halides is 3. The quantitative estimate of drug-likeness (QED) is 0.0977. The minimum Gasteiger partial charge on any atom is -0.383 e. The second-order valence-electron chi connectivity index (χ2n) is 12.2. The fourth-order valence-electron chi connectivity index (χ4n) is 6.17. The van der Waals surface area contributed by atoms with E-state index in [0.717, 1.165) is 43.9 Å². The van der Waals surface area contributed by atoms with Gasteiger partial charge in [-0.1, -0.05) is 18.6 Å². The summed E-state index contributed by atoms with van der Waals surface area (Å²) in [5.74, 6) is 0.470. The number of rotatable bonds is 12. The number of aromatic amines is 1. The molecule has 0 saturated carbocycles. The first-order valence-corrected chi connectivity index (χ1v) is 15.7. The maximum Gasteiger partial charge on any atom is 0.416 e. The molecule has 0 aliphatic carbocycles. The van der Waals surface area contributed by atoms with E-state index in [1.54, 1.807) is 32.4 Å². The molecule has 0 unspecified atom stereocenters. The Morgan fingerprint density at radius 1 is 1.20 bits per heavy atom. The summed E-state index contributed by atoms with van der Waals surface area (Å²) in [4.78, 5) is 20.3. The summed E-state index contributed by atoms with van der Waals surface area (Å²) in [5.41, 5.74) is 8.23. The second-order valence-corrected chi connectivity index (χ2v) is 12.2. The van der Waals surface area contributed by atoms with Gasteiger partial charge in [0.2, 0.25) is 0 Å². The van der Waals surface area contributed by atoms with Crippen LogP contribution in [-0.4, -0.2) is 52.7 Å². The van der Waals surface area contributed by atoms with Crippen molar-refractivity contribution in [2.45, 2.75) is 76.2 Å². The van der Waals surface area contributed by atoms with Crippen molar-refractivity contribution in [2.24, 2.45) is 5.73 Å². The lowest BCUT2D eigenvalue weighted by molar-refractivity contribution is -0.137. The number of halogens is 3. The third-order valence-electron chi connectivity index (χ3n) is 8.50. The topological polar surface area (TPSA) is 134 Å². The van der Waals surface area contributed by atoms with Crippen LogP contribution in [0.5, 0.6) is 0 Å². The Labute approximate surface area is 266 Å². The molecule has 4 aromatic rings. The Kier molecular flexibility index (Phi) is 10.6. The molecule has 1 saturated heterocycles. The smallest absolute Gasteiger partial charge is 0.383 e. The number of nitrogens with two attached hydrogens (primary N) is 1. The number of amidine groups is 1. The molecule has 2 aromatic heterocycles. The molecular formula is C34H42F3N7O2. The highest BCUT2D eigenvalue weighted by Gasteiger charge is 2.31. The molecule has 5 rings (SSSR count). The number of hydrogen-bond donors (Lipinski definition) is 5. The van der Waals surface area contributed by atoms with Gasteiger partial charge in [0, 0.05) is 49.1 Å². The van der Waals surface area contributed by atoms with Crippen LogP contribution in [0.2, 0.25) is 0 Å². The van der Waals surface area contributed by atoms with Gasteiger partial charge < -0.3 is 26.1 Å². The molecular weight excluding hydrogens is 595 g/mol. The average Bonchev–Trinajstić information content (AvgIpc) is 3.43. The number of methoxy groups -OCH3 is 1. The molecule has 246 valence electrons. The molecule has 1 fully saturated rings. The molecule has 0 amide bonds. The van der Waals surface area contributed by atoms with Crippen molar-refractivity contribution in [1.82, 2.24) is 25.2 Å². The predicted octanol–water partition coefficient (Wildman–Crippen LogP) is 5.86. The van der Waals surface area contributed by atoms with E-state index in [1.165, 1.54) is 10.6 Å². The van der Waals surface area contributed by atoms with E-state index in [9.17, 15) is 18.0 Å². The van der Waals surface area contributed by atoms with Crippen LogP contribution in [0, 0.1) is 5.41 Å². The molecule has 3 atom stereocenters. The SMILES string of the molecule is COC[C@H](N)CCCc1cc(-c2cc3cn(-c4ccc([C@@H]5CCC[C@@H](CCNC(C)=N)N5)cc4)c(=O)nc3[nH]2)cc(C(F)(F)F)c1. The molecule has 0 radical (unpaired) electrons. The number of benzene rings is 2. The van der Waals surface area contributed by atoms with Crippen molar-refractivity contribution in [3.63, 3.8) is 0 Å². The average molecular weight is 638 g/mol. The van der Waals surface area contributed by atoms with Crippen LogP contribution in [0.3, 0.4) is 0 Å². The van der Waals surface area contributed by atoms with E-state index in [4.69, 9.17) is 15.9 Å². The lowest BCUT2D eigenvalue weighted by atomic mass is 9.92. The van der Waals surface area contributed by atoms with Gasteiger partial charge >= 0.3 is 11.9 Å². The van der Waals surface area contributed by atoms with E-state index >= 15 is 0 Å². The molecule has 12 heteroatoms. The van der Waals surface area contributed by atoms with Crippen molar-refractivity contribution in [1.29, 1.82) is 5.41 Å². The van der Waals surface area contributed by atoms with Crippen LogP contribution in [0.15, 0.2) is 59.5 Å². The fraction of sp³-hybridized carbons (Fsp3) is 0.441. The number of H-pyrrole nitrogens is 1. The molecule has 9 nitrogen and oxygen atoms in total. The highest BCUT2D eigenvalue weighted by molar-refractivity contribution is 5.83. The van der Waals surface area contributed by atoms with Gasteiger partial charge in [-0.3, -0.25) is 9.98 Å². The third kappa shape index (κ3) is 8.42. The minimum atomic E-state index is -4.51. The van der Waals surface area contributed by atoms with Gasteiger partial charge in [0.1, 0.15) is 5.65 Å². The molecule has 2 aromatic carbocycles. The van der Waals surface area contributed by atoms with Crippen LogP contribution >= 0.6 is 0 Å². The van der Waals surface area contributed by atoms with Gasteiger partial charge in [-0.2, -0.15) is 18.2 Å². The summed E-state index contributed by atoms with van der Waals surface area (Å²) in [5, 5.41) is 14.9. The number of aryl methyl sites for hydroxylation is 1. The zero-order valence-corrected chi connectivity index (χ0v) is 26.2. The number of nitrogens with one attached hydrogen (secondary N) is 4. The Balaban J connectivity index is 1.35. The lowest BCUT2D eigenvalue weighted by Crippen LogP contribution is -2.39. The zero-order chi connectivity index (χ0) is 32.8. The number of ether oxygens (including phenoxy) is 1. The third-order valence-corrected chi connectivity index (χ3v) is 8.50. The molecule has 3 heterocycles. The van der Waals surface area contributed by atoms with E-state index in [2.05, 4.69) is 20.6 Å². The number of piperidine rings is 1. The molecule has 0 spiro atoms. The molecule has 1 aliphatic rings. The van der Waals surface area contributed by atoms with Gasteiger partial charge in [0.15, 0.2) is 0 Å². The normalized spacial score (nSPS) is 17.7. The Morgan fingerprint density at radius 2 is 1.98 bits per heavy atom. The summed E-state index contributed by atoms with van der Waals surface area (Å²) < 4.78 is 48.0. The van der Waals surface area contributed by atoms with E-state index < -0.39 is 17.4 Å². The van der Waals surface area contributed by atoms with Crippen LogP contribution in [0.4, 0.5) is 13.2 Å². The van der Waals surface area contributed by atoms with E-state index in [0.29, 0.717) is 71.3 Å². The zero-order valence-electron chi connectivity index (χ0n) is 26.2.